The molecule has 1 saturated carbocycles. The Bertz CT molecular complexity index is 939. The zero-order valence-corrected chi connectivity index (χ0v) is 17.0. The molecule has 1 fully saturated rings. The summed E-state index contributed by atoms with van der Waals surface area (Å²) < 4.78 is 4.79. The molecule has 4 rings (SSSR count). The van der Waals surface area contributed by atoms with Gasteiger partial charge in [0.1, 0.15) is 11.9 Å². The molecule has 0 bridgehead atoms. The number of anilines is 4. The molecule has 0 radical (unpaired) electrons. The SMILES string of the molecule is COC(=O)c1cccc(Nc2ccc3c(n2)N(C2CCCC2)C(C)C(=O)N3C)c1. The first-order chi connectivity index (χ1) is 14.0. The Morgan fingerprint density at radius 1 is 1.21 bits per heavy atom. The van der Waals surface area contributed by atoms with Gasteiger partial charge in [-0.3, -0.25) is 4.79 Å². The molecule has 2 aromatic rings. The molecule has 1 aromatic heterocycles. The number of pyridine rings is 1. The summed E-state index contributed by atoms with van der Waals surface area (Å²) in [6, 6.07) is 11.0. The number of nitrogens with zero attached hydrogens (tertiary/aromatic N) is 3. The van der Waals surface area contributed by atoms with Crippen LogP contribution in [0.15, 0.2) is 36.4 Å². The number of ether oxygens (including phenoxy) is 1. The van der Waals surface area contributed by atoms with Crippen molar-refractivity contribution in [1.82, 2.24) is 4.98 Å². The number of amides is 1. The van der Waals surface area contributed by atoms with Crippen molar-refractivity contribution >= 4 is 34.9 Å². The van der Waals surface area contributed by atoms with Gasteiger partial charge in [-0.15, -0.1) is 0 Å². The van der Waals surface area contributed by atoms with E-state index in [4.69, 9.17) is 9.72 Å². The molecule has 1 aliphatic carbocycles. The van der Waals surface area contributed by atoms with Crippen LogP contribution in [0.2, 0.25) is 0 Å². The van der Waals surface area contributed by atoms with Crippen LogP contribution in [0.25, 0.3) is 0 Å². The van der Waals surface area contributed by atoms with Gasteiger partial charge in [-0.2, -0.15) is 0 Å². The Balaban J connectivity index is 1.68. The van der Waals surface area contributed by atoms with E-state index in [-0.39, 0.29) is 17.9 Å². The summed E-state index contributed by atoms with van der Waals surface area (Å²) in [6.45, 7) is 1.96. The van der Waals surface area contributed by atoms with Gasteiger partial charge < -0.3 is 19.9 Å². The molecule has 0 saturated heterocycles. The number of nitrogens with one attached hydrogen (secondary N) is 1. The predicted octanol–water partition coefficient (Wildman–Crippen LogP) is 3.73. The molecule has 1 N–H and O–H groups in total. The number of likely N-dealkylation sites (N-methyl/N-ethyl adjacent to an activating group) is 1. The lowest BCUT2D eigenvalue weighted by Gasteiger charge is -2.42. The first-order valence-corrected chi connectivity index (χ1v) is 10.0. The number of methoxy groups -OCH3 is 1. The maximum atomic E-state index is 12.8. The number of hydrogen-bond donors (Lipinski definition) is 1. The van der Waals surface area contributed by atoms with Gasteiger partial charge in [-0.25, -0.2) is 9.78 Å². The van der Waals surface area contributed by atoms with Crippen LogP contribution < -0.4 is 15.1 Å². The molecule has 29 heavy (non-hydrogen) atoms. The summed E-state index contributed by atoms with van der Waals surface area (Å²) >= 11 is 0. The van der Waals surface area contributed by atoms with E-state index in [2.05, 4.69) is 10.2 Å². The van der Waals surface area contributed by atoms with Gasteiger partial charge in [-0.1, -0.05) is 18.9 Å². The number of esters is 1. The lowest BCUT2D eigenvalue weighted by Crippen LogP contribution is -2.54. The zero-order valence-electron chi connectivity index (χ0n) is 17.0. The standard InChI is InChI=1S/C22H26N4O3/c1-14-21(27)25(2)18-11-12-19(24-20(18)26(14)17-9-4-5-10-17)23-16-8-6-7-15(13-16)22(28)29-3/h6-8,11-14,17H,4-5,9-10H2,1-3H3,(H,23,24). The number of carbonyl (C=O) groups is 2. The summed E-state index contributed by atoms with van der Waals surface area (Å²) in [5, 5.41) is 3.28. The van der Waals surface area contributed by atoms with Crippen LogP contribution in [0.5, 0.6) is 0 Å². The van der Waals surface area contributed by atoms with E-state index in [9.17, 15) is 9.59 Å². The van der Waals surface area contributed by atoms with Crippen molar-refractivity contribution in [2.45, 2.75) is 44.7 Å². The van der Waals surface area contributed by atoms with Gasteiger partial charge in [0.15, 0.2) is 5.82 Å². The molecule has 1 unspecified atom stereocenters. The van der Waals surface area contributed by atoms with Crippen molar-refractivity contribution in [1.29, 1.82) is 0 Å². The minimum atomic E-state index is -0.381. The monoisotopic (exact) mass is 394 g/mol. The van der Waals surface area contributed by atoms with Gasteiger partial charge in [0, 0.05) is 18.8 Å². The predicted molar refractivity (Wildman–Crippen MR) is 113 cm³/mol. The van der Waals surface area contributed by atoms with E-state index < -0.39 is 0 Å². The molecule has 2 heterocycles. The minimum absolute atomic E-state index is 0.0951. The fraction of sp³-hybridized carbons (Fsp3) is 0.409. The van der Waals surface area contributed by atoms with E-state index in [1.54, 1.807) is 30.1 Å². The second-order valence-electron chi connectivity index (χ2n) is 7.66. The summed E-state index contributed by atoms with van der Waals surface area (Å²) in [5.41, 5.74) is 2.05. The van der Waals surface area contributed by atoms with Crippen molar-refractivity contribution < 1.29 is 14.3 Å². The highest BCUT2D eigenvalue weighted by molar-refractivity contribution is 6.04. The number of benzene rings is 1. The third-order valence-electron chi connectivity index (χ3n) is 5.84. The molecule has 1 amide bonds. The Hall–Kier alpha value is -3.09. The molecular weight excluding hydrogens is 368 g/mol. The van der Waals surface area contributed by atoms with Crippen molar-refractivity contribution in [2.24, 2.45) is 0 Å². The molecule has 1 aromatic carbocycles. The van der Waals surface area contributed by atoms with E-state index in [1.165, 1.54) is 20.0 Å². The molecule has 0 spiro atoms. The van der Waals surface area contributed by atoms with Gasteiger partial charge in [0.25, 0.3) is 0 Å². The largest absolute Gasteiger partial charge is 0.465 e. The van der Waals surface area contributed by atoms with E-state index in [0.29, 0.717) is 17.4 Å². The van der Waals surface area contributed by atoms with Crippen molar-refractivity contribution in [3.8, 4) is 0 Å². The van der Waals surface area contributed by atoms with Gasteiger partial charge in [0.2, 0.25) is 5.91 Å². The highest BCUT2D eigenvalue weighted by Gasteiger charge is 2.39. The Morgan fingerprint density at radius 3 is 2.69 bits per heavy atom. The smallest absolute Gasteiger partial charge is 0.337 e. The minimum Gasteiger partial charge on any atom is -0.465 e. The van der Waals surface area contributed by atoms with E-state index in [1.807, 2.05) is 25.1 Å². The Labute approximate surface area is 170 Å². The third kappa shape index (κ3) is 3.52. The number of fused-ring (bicyclic) bond motifs is 1. The number of carbonyl (C=O) groups excluding carboxylic acids is 2. The van der Waals surface area contributed by atoms with Crippen LogP contribution in [0.3, 0.4) is 0 Å². The van der Waals surface area contributed by atoms with E-state index in [0.717, 1.165) is 30.0 Å². The maximum absolute atomic E-state index is 12.8. The summed E-state index contributed by atoms with van der Waals surface area (Å²) in [7, 11) is 3.17. The normalized spacial score (nSPS) is 19.3. The van der Waals surface area contributed by atoms with Crippen LogP contribution in [0.4, 0.5) is 23.0 Å². The van der Waals surface area contributed by atoms with Crippen LogP contribution in [0.1, 0.15) is 43.0 Å². The van der Waals surface area contributed by atoms with Crippen molar-refractivity contribution in [3.05, 3.63) is 42.0 Å². The van der Waals surface area contributed by atoms with E-state index >= 15 is 0 Å². The van der Waals surface area contributed by atoms with Crippen molar-refractivity contribution in [3.63, 3.8) is 0 Å². The third-order valence-corrected chi connectivity index (χ3v) is 5.84. The lowest BCUT2D eigenvalue weighted by molar-refractivity contribution is -0.119. The van der Waals surface area contributed by atoms with Crippen LogP contribution >= 0.6 is 0 Å². The fourth-order valence-corrected chi connectivity index (χ4v) is 4.33. The number of hydrogen-bond acceptors (Lipinski definition) is 6. The summed E-state index contributed by atoms with van der Waals surface area (Å²) in [5.74, 6) is 1.22. The van der Waals surface area contributed by atoms with Crippen LogP contribution in [0, 0.1) is 0 Å². The van der Waals surface area contributed by atoms with Crippen molar-refractivity contribution in [2.75, 3.05) is 29.3 Å². The molecule has 152 valence electrons. The Morgan fingerprint density at radius 2 is 1.97 bits per heavy atom. The average Bonchev–Trinajstić information content (AvgIpc) is 3.26. The van der Waals surface area contributed by atoms with Gasteiger partial charge in [0.05, 0.1) is 18.4 Å². The average molecular weight is 394 g/mol. The maximum Gasteiger partial charge on any atom is 0.337 e. The van der Waals surface area contributed by atoms with Gasteiger partial charge in [-0.05, 0) is 50.1 Å². The molecule has 1 aliphatic heterocycles. The van der Waals surface area contributed by atoms with Crippen LogP contribution in [-0.4, -0.2) is 43.1 Å². The molecular formula is C22H26N4O3. The first-order valence-electron chi connectivity index (χ1n) is 10.0. The molecule has 7 nitrogen and oxygen atoms in total. The number of aromatic nitrogens is 1. The second-order valence-corrected chi connectivity index (χ2v) is 7.66. The number of rotatable bonds is 4. The second kappa shape index (κ2) is 7.73. The molecule has 7 heteroatoms. The fourth-order valence-electron chi connectivity index (χ4n) is 4.33. The first kappa shape index (κ1) is 19.2. The lowest BCUT2D eigenvalue weighted by atomic mass is 10.1. The topological polar surface area (TPSA) is 74.8 Å². The quantitative estimate of drug-likeness (QED) is 0.797. The summed E-state index contributed by atoms with van der Waals surface area (Å²) in [4.78, 5) is 33.3. The summed E-state index contributed by atoms with van der Waals surface area (Å²) in [6.07, 6.45) is 4.54. The molecule has 1 atom stereocenters. The molecule has 2 aliphatic rings. The van der Waals surface area contributed by atoms with Gasteiger partial charge >= 0.3 is 5.97 Å². The highest BCUT2D eigenvalue weighted by atomic mass is 16.5. The zero-order chi connectivity index (χ0) is 20.5. The van der Waals surface area contributed by atoms with Crippen LogP contribution in [-0.2, 0) is 9.53 Å². The Kier molecular flexibility index (Phi) is 5.13. The highest BCUT2D eigenvalue weighted by Crippen LogP contribution is 2.39.